The molecule has 0 aliphatic heterocycles. The van der Waals surface area contributed by atoms with Gasteiger partial charge in [0.15, 0.2) is 17.3 Å². The molecule has 3 N–H and O–H groups in total. The summed E-state index contributed by atoms with van der Waals surface area (Å²) in [6.07, 6.45) is 37.5. The van der Waals surface area contributed by atoms with Gasteiger partial charge in [-0.2, -0.15) is 0 Å². The quantitative estimate of drug-likeness (QED) is 0.0298. The molecule has 7 rings (SSSR count). The molecule has 7 aliphatic carbocycles. The Morgan fingerprint density at radius 1 is 0.260 bits per heavy atom. The van der Waals surface area contributed by atoms with E-state index in [1.807, 2.05) is 0 Å². The molecule has 7 saturated carbocycles. The van der Waals surface area contributed by atoms with E-state index in [9.17, 15) is 15.3 Å². The van der Waals surface area contributed by atoms with Gasteiger partial charge in [-0.25, -0.2) is 0 Å². The number of Topliss-reactive ketones (excluding diaryl/α,β-unsaturated/α-hetero) is 3. The summed E-state index contributed by atoms with van der Waals surface area (Å²) >= 11 is 0. The van der Waals surface area contributed by atoms with Gasteiger partial charge in [-0.05, 0) is 190 Å². The maximum absolute atomic E-state index is 18.0. The van der Waals surface area contributed by atoms with Gasteiger partial charge < -0.3 is 29.5 Å². The van der Waals surface area contributed by atoms with Crippen LogP contribution in [0.2, 0.25) is 0 Å². The standard InChI is InChI=1S/C84H144O12/c1-7-13-19-25-31-61-37-49-67(50-38-61)74(86)82(94-79(91)70-55-43-64(44-56-70)34-28-22-16-10-4)77(89)73(85)78(90)83(75(87)68-51-39-62(40-52-68)32-26-20-14-8-2,95-80(92)71-57-45-65(46-58-71)35-29-23-17-11-5)84(82,76(88)69-53-41-63(42-54-69)33-27-21-15-9-3)96-81(93)72-59-47-66(48-60-72)36-30-24-18-12-6/h61-73,77-78,85,89-90H,7-60H2,1-6H3/t61?,62?,63?,64?,65?,66?,67?,68?,69?,70?,71?,72?,73?,77-,78+,82+,83-,84?. The topological polar surface area (TPSA) is 191 Å². The van der Waals surface area contributed by atoms with Gasteiger partial charge in [0.2, 0.25) is 11.2 Å². The van der Waals surface area contributed by atoms with Gasteiger partial charge in [0.05, 0.1) is 17.8 Å². The fourth-order valence-electron chi connectivity index (χ4n) is 19.9. The van der Waals surface area contributed by atoms with Gasteiger partial charge in [0.1, 0.15) is 18.3 Å². The van der Waals surface area contributed by atoms with Crippen molar-refractivity contribution in [2.45, 2.75) is 423 Å². The first kappa shape index (κ1) is 80.6. The second-order valence-electron chi connectivity index (χ2n) is 33.3. The summed E-state index contributed by atoms with van der Waals surface area (Å²) in [6.45, 7) is 13.2. The van der Waals surface area contributed by atoms with Crippen LogP contribution in [-0.4, -0.2) is 85.7 Å². The van der Waals surface area contributed by atoms with Gasteiger partial charge in [-0.3, -0.25) is 28.8 Å². The van der Waals surface area contributed by atoms with Crippen LogP contribution in [0.5, 0.6) is 0 Å². The summed E-state index contributed by atoms with van der Waals surface area (Å²) in [5.74, 6) is -8.71. The van der Waals surface area contributed by atoms with E-state index in [0.717, 1.165) is 218 Å². The minimum atomic E-state index is -3.44. The smallest absolute Gasteiger partial charge is 0.310 e. The van der Waals surface area contributed by atoms with E-state index in [-0.39, 0.29) is 18.8 Å². The number of carbonyl (C=O) groups excluding carboxylic acids is 6. The van der Waals surface area contributed by atoms with E-state index in [2.05, 4.69) is 41.5 Å². The Balaban J connectivity index is 1.46. The van der Waals surface area contributed by atoms with Crippen LogP contribution >= 0.6 is 0 Å². The molecule has 0 radical (unpaired) electrons. The predicted molar refractivity (Wildman–Crippen MR) is 385 cm³/mol. The number of hydrogen-bond donors (Lipinski definition) is 3. The zero-order valence-electron chi connectivity index (χ0n) is 62.4. The van der Waals surface area contributed by atoms with Crippen molar-refractivity contribution in [3.8, 4) is 0 Å². The summed E-state index contributed by atoms with van der Waals surface area (Å²) in [7, 11) is 0. The normalized spacial score (nSPS) is 34.4. The number of ether oxygens (including phenoxy) is 3. The molecule has 0 amide bonds. The first-order valence-electron chi connectivity index (χ1n) is 41.9. The van der Waals surface area contributed by atoms with Crippen LogP contribution in [0.4, 0.5) is 0 Å². The molecule has 2 unspecified atom stereocenters. The fourth-order valence-corrected chi connectivity index (χ4v) is 19.9. The lowest BCUT2D eigenvalue weighted by molar-refractivity contribution is -0.329. The molecule has 0 heterocycles. The Bertz CT molecular complexity index is 2140. The molecule has 6 atom stereocenters. The first-order chi connectivity index (χ1) is 46.6. The molecule has 96 heavy (non-hydrogen) atoms. The highest BCUT2D eigenvalue weighted by Crippen LogP contribution is 2.59. The number of hydrogen-bond acceptors (Lipinski definition) is 12. The largest absolute Gasteiger partial charge is 0.443 e. The van der Waals surface area contributed by atoms with Gasteiger partial charge >= 0.3 is 17.9 Å². The highest BCUT2D eigenvalue weighted by atomic mass is 16.7. The van der Waals surface area contributed by atoms with Crippen LogP contribution in [0.25, 0.3) is 0 Å². The average molecular weight is 1350 g/mol. The lowest BCUT2D eigenvalue weighted by Crippen LogP contribution is -2.92. The molecule has 0 saturated heterocycles. The van der Waals surface area contributed by atoms with Crippen LogP contribution in [-0.2, 0) is 43.0 Å². The van der Waals surface area contributed by atoms with Crippen LogP contribution in [0.3, 0.4) is 0 Å². The summed E-state index contributed by atoms with van der Waals surface area (Å²) in [5, 5.41) is 41.3. The van der Waals surface area contributed by atoms with Gasteiger partial charge in [0.25, 0.3) is 5.60 Å². The Hall–Kier alpha value is -2.70. The van der Waals surface area contributed by atoms with Crippen LogP contribution in [0.1, 0.15) is 388 Å². The zero-order chi connectivity index (χ0) is 68.9. The van der Waals surface area contributed by atoms with Crippen molar-refractivity contribution in [3.05, 3.63) is 0 Å². The third-order valence-corrected chi connectivity index (χ3v) is 26.4. The Morgan fingerprint density at radius 2 is 0.458 bits per heavy atom. The number of aliphatic hydroxyl groups excluding tert-OH is 3. The van der Waals surface area contributed by atoms with Crippen molar-refractivity contribution in [1.82, 2.24) is 0 Å². The minimum Gasteiger partial charge on any atom is -0.443 e. The lowest BCUT2D eigenvalue weighted by atomic mass is 9.49. The molecule has 552 valence electrons. The molecule has 12 heteroatoms. The highest BCUT2D eigenvalue weighted by Gasteiger charge is 2.89. The monoisotopic (exact) mass is 1350 g/mol. The van der Waals surface area contributed by atoms with E-state index in [1.165, 1.54) is 0 Å². The SMILES string of the molecule is CCCCCCC1CCC(C(=O)OC2(C(=O)C3CCC(CCCCCC)CC3)[C@@](OC(=O)C3CCC(CCCCCC)CC3)(C(=O)C3CCC(CCCCCC)CC3)[C@@H](O)C(O)[C@@H](O)[C@@]2(OC(=O)C2CCC(CCCCCC)CC2)C(=O)C2CCC(CCCCCC)CC2)CC1. The summed E-state index contributed by atoms with van der Waals surface area (Å²) < 4.78 is 22.0. The van der Waals surface area contributed by atoms with Crippen molar-refractivity contribution >= 4 is 35.3 Å². The fraction of sp³-hybridized carbons (Fsp3) is 0.929. The lowest BCUT2D eigenvalue weighted by Gasteiger charge is -2.63. The molecule has 7 fully saturated rings. The molecule has 0 aromatic heterocycles. The summed E-state index contributed by atoms with van der Waals surface area (Å²) in [4.78, 5) is 102. The van der Waals surface area contributed by atoms with E-state index >= 15 is 28.8 Å². The molecule has 7 aliphatic rings. The van der Waals surface area contributed by atoms with E-state index in [4.69, 9.17) is 14.2 Å². The van der Waals surface area contributed by atoms with Crippen molar-refractivity contribution in [2.75, 3.05) is 0 Å². The second kappa shape index (κ2) is 42.0. The highest BCUT2D eigenvalue weighted by molar-refractivity contribution is 6.12. The number of unbranched alkanes of at least 4 members (excludes halogenated alkanes) is 18. The van der Waals surface area contributed by atoms with Crippen LogP contribution in [0.15, 0.2) is 0 Å². The molecular formula is C84H144O12. The van der Waals surface area contributed by atoms with Gasteiger partial charge in [-0.1, -0.05) is 234 Å². The number of carbonyl (C=O) groups is 6. The van der Waals surface area contributed by atoms with Gasteiger partial charge in [-0.15, -0.1) is 0 Å². The predicted octanol–water partition coefficient (Wildman–Crippen LogP) is 20.3. The van der Waals surface area contributed by atoms with Crippen molar-refractivity contribution in [1.29, 1.82) is 0 Å². The summed E-state index contributed by atoms with van der Waals surface area (Å²) in [5.41, 5.74) is -10.1. The van der Waals surface area contributed by atoms with E-state index in [1.54, 1.807) is 0 Å². The Labute approximate surface area is 585 Å². The number of ketones is 3. The Kier molecular flexibility index (Phi) is 35.3. The molecule has 12 nitrogen and oxygen atoms in total. The number of esters is 3. The van der Waals surface area contributed by atoms with Crippen LogP contribution in [0, 0.1) is 71.0 Å². The van der Waals surface area contributed by atoms with Crippen molar-refractivity contribution in [3.63, 3.8) is 0 Å². The second-order valence-corrected chi connectivity index (χ2v) is 33.3. The average Bonchev–Trinajstić information content (AvgIpc) is 0.660. The molecule has 0 spiro atoms. The minimum absolute atomic E-state index is 0.275. The molecular weight excluding hydrogens is 1200 g/mol. The Morgan fingerprint density at radius 3 is 0.677 bits per heavy atom. The summed E-state index contributed by atoms with van der Waals surface area (Å²) in [6, 6.07) is 0. The van der Waals surface area contributed by atoms with Gasteiger partial charge in [0, 0.05) is 17.8 Å². The first-order valence-corrected chi connectivity index (χ1v) is 41.9. The zero-order valence-corrected chi connectivity index (χ0v) is 62.4. The maximum Gasteiger partial charge on any atom is 0.310 e. The number of aliphatic hydroxyl groups is 3. The van der Waals surface area contributed by atoms with Crippen molar-refractivity contribution in [2.24, 2.45) is 71.0 Å². The van der Waals surface area contributed by atoms with E-state index < -0.39 is 106 Å². The van der Waals surface area contributed by atoms with Crippen LogP contribution < -0.4 is 0 Å². The number of rotatable bonds is 42. The molecule has 0 bridgehead atoms. The third-order valence-electron chi connectivity index (χ3n) is 26.4. The molecule has 0 aromatic carbocycles. The van der Waals surface area contributed by atoms with E-state index in [0.29, 0.717) is 145 Å². The molecule has 0 aromatic rings. The maximum atomic E-state index is 18.0. The third kappa shape index (κ3) is 21.0. The van der Waals surface area contributed by atoms with Crippen molar-refractivity contribution < 1.29 is 58.3 Å².